The summed E-state index contributed by atoms with van der Waals surface area (Å²) in [5.41, 5.74) is 13.4. The molecule has 1 saturated heterocycles. The first-order valence-corrected chi connectivity index (χ1v) is 19.4. The molecule has 0 saturated carbocycles. The van der Waals surface area contributed by atoms with Crippen LogP contribution in [0.15, 0.2) is 18.2 Å². The lowest BCUT2D eigenvalue weighted by molar-refractivity contribution is -0.676. The Labute approximate surface area is 339 Å². The third kappa shape index (κ3) is 10.9. The molecule has 0 spiro atoms. The number of fused-ring (bicyclic) bond motifs is 1. The van der Waals surface area contributed by atoms with Crippen LogP contribution >= 0.6 is 11.6 Å². The van der Waals surface area contributed by atoms with Gasteiger partial charge in [0.25, 0.3) is 17.6 Å². The smallest absolute Gasteiger partial charge is 0.277 e. The molecule has 1 aromatic carbocycles. The summed E-state index contributed by atoms with van der Waals surface area (Å²) in [6, 6.07) is 5.40. The highest BCUT2D eigenvalue weighted by atomic mass is 35.5. The Morgan fingerprint density at radius 1 is 0.879 bits per heavy atom. The number of aliphatic hydroxyl groups is 10. The summed E-state index contributed by atoms with van der Waals surface area (Å²) >= 11 is 5.97. The van der Waals surface area contributed by atoms with E-state index in [1.807, 2.05) is 29.0 Å². The van der Waals surface area contributed by atoms with Crippen molar-refractivity contribution in [3.63, 3.8) is 0 Å². The first-order chi connectivity index (χ1) is 27.5. The normalized spacial score (nSPS) is 18.1. The number of benzene rings is 1. The van der Waals surface area contributed by atoms with E-state index in [9.17, 15) is 50.4 Å². The zero-order valence-electron chi connectivity index (χ0n) is 32.4. The van der Waals surface area contributed by atoms with E-state index in [2.05, 4.69) is 15.3 Å². The second kappa shape index (κ2) is 20.9. The second-order valence-electron chi connectivity index (χ2n) is 14.5. The molecule has 1 aliphatic rings. The van der Waals surface area contributed by atoms with Crippen LogP contribution in [0.4, 0.5) is 11.6 Å². The maximum atomic E-state index is 13.9. The molecular weight excluding hydrogens is 786 g/mol. The number of anilines is 2. The van der Waals surface area contributed by atoms with E-state index in [1.54, 1.807) is 17.0 Å². The number of carbonyl (C=O) groups excluding carboxylic acids is 2. The number of nitrogens with one attached hydrogen (secondary N) is 1. The number of nitrogens with zero attached hydrogens (tertiary/aromatic N) is 6. The highest BCUT2D eigenvalue weighted by Gasteiger charge is 2.36. The number of likely N-dealkylation sites (tertiary alicyclic amines) is 1. The topological polar surface area (TPSA) is 342 Å². The Morgan fingerprint density at radius 3 is 1.95 bits per heavy atom. The van der Waals surface area contributed by atoms with Crippen LogP contribution in [0.1, 0.15) is 53.4 Å². The predicted octanol–water partition coefficient (Wildman–Crippen LogP) is -4.47. The van der Waals surface area contributed by atoms with E-state index in [0.29, 0.717) is 44.6 Å². The monoisotopic (exact) mass is 842 g/mol. The van der Waals surface area contributed by atoms with Crippen LogP contribution < -0.4 is 21.4 Å². The van der Waals surface area contributed by atoms with Gasteiger partial charge in [0.2, 0.25) is 0 Å². The fourth-order valence-electron chi connectivity index (χ4n) is 7.23. The third-order valence-electron chi connectivity index (χ3n) is 10.5. The number of nitrogens with two attached hydrogens (primary N) is 2. The van der Waals surface area contributed by atoms with Gasteiger partial charge < -0.3 is 72.7 Å². The van der Waals surface area contributed by atoms with Crippen LogP contribution in [0.25, 0.3) is 11.0 Å². The van der Waals surface area contributed by atoms with Gasteiger partial charge >= 0.3 is 0 Å². The minimum atomic E-state index is -1.90. The second-order valence-corrected chi connectivity index (χ2v) is 14.8. The van der Waals surface area contributed by atoms with E-state index in [1.165, 1.54) is 4.90 Å². The molecule has 324 valence electrons. The minimum absolute atomic E-state index is 0.0918. The molecule has 1 aliphatic heterocycles. The molecule has 22 heteroatoms. The molecule has 21 nitrogen and oxygen atoms in total. The van der Waals surface area contributed by atoms with Crippen LogP contribution in [0, 0.1) is 5.92 Å². The number of aliphatic hydroxyl groups excluding tert-OH is 10. The van der Waals surface area contributed by atoms with Gasteiger partial charge in [0.1, 0.15) is 43.2 Å². The van der Waals surface area contributed by atoms with Gasteiger partial charge in [0, 0.05) is 44.4 Å². The first kappa shape index (κ1) is 46.8. The van der Waals surface area contributed by atoms with Gasteiger partial charge in [-0.1, -0.05) is 11.6 Å². The average molecular weight is 843 g/mol. The summed E-state index contributed by atoms with van der Waals surface area (Å²) in [4.78, 5) is 37.9. The van der Waals surface area contributed by atoms with Crippen molar-refractivity contribution in [3.8, 4) is 0 Å². The number of piperidine rings is 1. The van der Waals surface area contributed by atoms with Crippen LogP contribution in [-0.4, -0.2) is 182 Å². The van der Waals surface area contributed by atoms with Gasteiger partial charge in [-0.15, -0.1) is 0 Å². The lowest BCUT2D eigenvalue weighted by Gasteiger charge is -2.38. The van der Waals surface area contributed by atoms with E-state index < -0.39 is 68.0 Å². The largest absolute Gasteiger partial charge is 0.394 e. The maximum Gasteiger partial charge on any atom is 0.277 e. The molecule has 0 radical (unpaired) electrons. The Hall–Kier alpha value is -3.84. The van der Waals surface area contributed by atoms with Gasteiger partial charge in [-0.25, -0.2) is 19.1 Å². The van der Waals surface area contributed by atoms with Crippen molar-refractivity contribution in [3.05, 3.63) is 40.4 Å². The number of halogens is 1. The van der Waals surface area contributed by atoms with E-state index >= 15 is 0 Å². The van der Waals surface area contributed by atoms with Gasteiger partial charge in [-0.05, 0) is 44.7 Å². The van der Waals surface area contributed by atoms with Crippen molar-refractivity contribution < 1.29 is 65.2 Å². The summed E-state index contributed by atoms with van der Waals surface area (Å²) in [7, 11) is 0. The Morgan fingerprint density at radius 2 is 1.43 bits per heavy atom. The van der Waals surface area contributed by atoms with Crippen molar-refractivity contribution in [2.75, 3.05) is 57.4 Å². The summed E-state index contributed by atoms with van der Waals surface area (Å²) in [5, 5.41) is 103. The van der Waals surface area contributed by atoms with Gasteiger partial charge in [0.05, 0.1) is 38.5 Å². The molecule has 8 unspecified atom stereocenters. The quantitative estimate of drug-likeness (QED) is 0.0477. The number of carbonyl (C=O) groups is 2. The van der Waals surface area contributed by atoms with Crippen LogP contribution in [0.2, 0.25) is 5.15 Å². The zero-order chi connectivity index (χ0) is 43.0. The highest BCUT2D eigenvalue weighted by molar-refractivity contribution is 6.31. The molecule has 3 heterocycles. The average Bonchev–Trinajstić information content (AvgIpc) is 3.53. The number of imidazole rings is 1. The number of hydrogen-bond acceptors (Lipinski definition) is 17. The molecule has 4 rings (SSSR count). The molecule has 0 bridgehead atoms. The van der Waals surface area contributed by atoms with E-state index in [0.717, 1.165) is 16.9 Å². The van der Waals surface area contributed by atoms with Crippen molar-refractivity contribution in [1.82, 2.24) is 29.7 Å². The van der Waals surface area contributed by atoms with Gasteiger partial charge in [-0.3, -0.25) is 14.5 Å². The van der Waals surface area contributed by atoms with Gasteiger partial charge in [0.15, 0.2) is 33.5 Å². The van der Waals surface area contributed by atoms with Crippen molar-refractivity contribution in [2.45, 2.75) is 95.2 Å². The van der Waals surface area contributed by atoms with Crippen LogP contribution in [0.5, 0.6) is 0 Å². The zero-order valence-corrected chi connectivity index (χ0v) is 33.2. The Kier molecular flexibility index (Phi) is 16.9. The van der Waals surface area contributed by atoms with Crippen LogP contribution in [0.3, 0.4) is 0 Å². The molecule has 58 heavy (non-hydrogen) atoms. The summed E-state index contributed by atoms with van der Waals surface area (Å²) in [6.45, 7) is 3.41. The maximum absolute atomic E-state index is 13.9. The summed E-state index contributed by atoms with van der Waals surface area (Å²) in [6.07, 6.45) is -13.5. The number of amides is 2. The summed E-state index contributed by atoms with van der Waals surface area (Å²) in [5.74, 6) is -0.435. The molecule has 1 fully saturated rings. The first-order valence-electron chi connectivity index (χ1n) is 19.1. The van der Waals surface area contributed by atoms with Crippen molar-refractivity contribution in [2.24, 2.45) is 5.92 Å². The fourth-order valence-corrected chi connectivity index (χ4v) is 7.36. The number of hydrogen-bond donors (Lipinski definition) is 13. The van der Waals surface area contributed by atoms with Gasteiger partial charge in [-0.2, -0.15) is 0 Å². The number of aryl methyl sites for hydroxylation is 2. The lowest BCUT2D eigenvalue weighted by atomic mass is 9.94. The minimum Gasteiger partial charge on any atom is -0.394 e. The lowest BCUT2D eigenvalue weighted by Crippen LogP contribution is -2.54. The molecule has 3 aromatic rings. The Bertz CT molecular complexity index is 1820. The third-order valence-corrected chi connectivity index (χ3v) is 10.8. The molecular formula is C36H57ClN9O12+. The standard InChI is InChI=1S/C36H56ClN9O12/c1-3-45-20-6-5-19(11-21(20)46(4-2)26(45)12-40-35(57)27-33(38)42-34(39)32(37)41-27)36(58)44-9-7-18(8-10-44)13-43(14-22(49)28(53)30(55)24(51)16-47)15-23(50)29(54)31(56)25(52)17-48/h5-6,11,18,22-25,28-31,47-56H,3-4,7-10,12-17H2,1-2H3,(H4-,38,39,40,42,57)/p+1. The van der Waals surface area contributed by atoms with Crippen molar-refractivity contribution >= 4 is 46.1 Å². The molecule has 2 aromatic heterocycles. The molecule has 2 amide bonds. The molecule has 15 N–H and O–H groups in total. The van der Waals surface area contributed by atoms with Crippen LogP contribution in [-0.2, 0) is 19.6 Å². The number of aromatic nitrogens is 4. The van der Waals surface area contributed by atoms with Crippen molar-refractivity contribution in [1.29, 1.82) is 0 Å². The summed E-state index contributed by atoms with van der Waals surface area (Å²) < 4.78 is 4.01. The van der Waals surface area contributed by atoms with E-state index in [-0.39, 0.29) is 60.5 Å². The fraction of sp³-hybridized carbons (Fsp3) is 0.639. The number of rotatable bonds is 20. The SMILES string of the molecule is CCn1c(CNC(=O)c2nc(Cl)c(N)nc2N)[n+](CC)c2ccc(C(=O)N3CCC(CN(CC(O)C(O)C(O)C(O)CO)CC(O)C(O)C(O)C(O)CO)CC3)cc21. The Balaban J connectivity index is 1.47. The molecule has 8 atom stereocenters. The highest BCUT2D eigenvalue weighted by Crippen LogP contribution is 2.24. The predicted molar refractivity (Wildman–Crippen MR) is 208 cm³/mol. The molecule has 0 aliphatic carbocycles. The van der Waals surface area contributed by atoms with E-state index in [4.69, 9.17) is 33.3 Å². The number of nitrogen functional groups attached to an aromatic ring is 2.